The van der Waals surface area contributed by atoms with Crippen LogP contribution >= 0.6 is 0 Å². The highest BCUT2D eigenvalue weighted by Gasteiger charge is 2.36. The van der Waals surface area contributed by atoms with Crippen LogP contribution in [0.1, 0.15) is 29.0 Å². The van der Waals surface area contributed by atoms with Crippen molar-refractivity contribution in [2.24, 2.45) is 0 Å². The van der Waals surface area contributed by atoms with E-state index in [1.54, 1.807) is 11.0 Å². The lowest BCUT2D eigenvalue weighted by Crippen LogP contribution is -2.59. The zero-order chi connectivity index (χ0) is 14.1. The summed E-state index contributed by atoms with van der Waals surface area (Å²) in [5.74, 6) is 0.0540. The fraction of sp³-hybridized carbons (Fsp3) is 0.571. The van der Waals surface area contributed by atoms with Crippen LogP contribution in [0.5, 0.6) is 0 Å². The Bertz CT molecular complexity index is 521. The SMILES string of the molecule is Cc1ccoc1C(=O)N1CCNC[C@@H]1C(=O)NC1CC1. The minimum atomic E-state index is -0.457. The van der Waals surface area contributed by atoms with E-state index in [9.17, 15) is 9.59 Å². The molecule has 1 saturated carbocycles. The summed E-state index contributed by atoms with van der Waals surface area (Å²) in [4.78, 5) is 26.4. The van der Waals surface area contributed by atoms with Crippen LogP contribution in [-0.2, 0) is 4.79 Å². The maximum atomic E-state index is 12.5. The van der Waals surface area contributed by atoms with E-state index in [4.69, 9.17) is 4.42 Å². The number of piperazine rings is 1. The minimum absolute atomic E-state index is 0.0720. The van der Waals surface area contributed by atoms with Gasteiger partial charge in [-0.1, -0.05) is 0 Å². The molecule has 0 radical (unpaired) electrons. The Morgan fingerprint density at radius 2 is 2.25 bits per heavy atom. The molecule has 1 aliphatic heterocycles. The molecule has 6 nitrogen and oxygen atoms in total. The molecule has 2 aliphatic rings. The molecule has 1 aliphatic carbocycles. The molecule has 1 aromatic heterocycles. The molecule has 1 saturated heterocycles. The van der Waals surface area contributed by atoms with E-state index in [1.807, 2.05) is 6.92 Å². The van der Waals surface area contributed by atoms with Crippen LogP contribution in [0.3, 0.4) is 0 Å². The van der Waals surface area contributed by atoms with Gasteiger partial charge in [-0.2, -0.15) is 0 Å². The molecule has 2 amide bonds. The first-order chi connectivity index (χ1) is 9.66. The zero-order valence-electron chi connectivity index (χ0n) is 11.5. The van der Waals surface area contributed by atoms with Gasteiger partial charge in [-0.05, 0) is 25.8 Å². The third-order valence-corrected chi connectivity index (χ3v) is 3.79. The average Bonchev–Trinajstić information content (AvgIpc) is 3.17. The maximum Gasteiger partial charge on any atom is 0.290 e. The van der Waals surface area contributed by atoms with Crippen molar-refractivity contribution in [1.82, 2.24) is 15.5 Å². The number of aryl methyl sites for hydroxylation is 1. The number of hydrogen-bond donors (Lipinski definition) is 2. The Hall–Kier alpha value is -1.82. The topological polar surface area (TPSA) is 74.6 Å². The minimum Gasteiger partial charge on any atom is -0.459 e. The monoisotopic (exact) mass is 277 g/mol. The van der Waals surface area contributed by atoms with Gasteiger partial charge >= 0.3 is 0 Å². The third kappa shape index (κ3) is 2.56. The van der Waals surface area contributed by atoms with E-state index >= 15 is 0 Å². The number of hydrogen-bond acceptors (Lipinski definition) is 4. The molecular formula is C14H19N3O3. The maximum absolute atomic E-state index is 12.5. The van der Waals surface area contributed by atoms with E-state index in [0.29, 0.717) is 31.4 Å². The highest BCUT2D eigenvalue weighted by Crippen LogP contribution is 2.20. The Morgan fingerprint density at radius 1 is 1.45 bits per heavy atom. The molecule has 2 heterocycles. The molecule has 0 unspecified atom stereocenters. The van der Waals surface area contributed by atoms with E-state index in [0.717, 1.165) is 18.4 Å². The van der Waals surface area contributed by atoms with Gasteiger partial charge < -0.3 is 20.0 Å². The van der Waals surface area contributed by atoms with E-state index in [-0.39, 0.29) is 11.8 Å². The number of nitrogens with zero attached hydrogens (tertiary/aromatic N) is 1. The molecule has 1 atom stereocenters. The van der Waals surface area contributed by atoms with Gasteiger partial charge in [0, 0.05) is 31.2 Å². The second-order valence-electron chi connectivity index (χ2n) is 5.43. The first-order valence-electron chi connectivity index (χ1n) is 7.03. The van der Waals surface area contributed by atoms with Gasteiger partial charge in [0.1, 0.15) is 6.04 Å². The molecule has 2 N–H and O–H groups in total. The van der Waals surface area contributed by atoms with E-state index in [2.05, 4.69) is 10.6 Å². The Kier molecular flexibility index (Phi) is 3.48. The Balaban J connectivity index is 1.75. The quantitative estimate of drug-likeness (QED) is 0.832. The molecule has 0 aromatic carbocycles. The molecule has 6 heteroatoms. The van der Waals surface area contributed by atoms with Crippen molar-refractivity contribution in [3.05, 3.63) is 23.7 Å². The van der Waals surface area contributed by atoms with Gasteiger partial charge in [-0.15, -0.1) is 0 Å². The normalized spacial score (nSPS) is 22.6. The van der Waals surface area contributed by atoms with Gasteiger partial charge in [0.05, 0.1) is 6.26 Å². The van der Waals surface area contributed by atoms with Gasteiger partial charge in [-0.25, -0.2) is 0 Å². The van der Waals surface area contributed by atoms with Gasteiger partial charge in [0.2, 0.25) is 5.91 Å². The standard InChI is InChI=1S/C14H19N3O3/c1-9-4-7-20-12(9)14(19)17-6-5-15-8-11(17)13(18)16-10-2-3-10/h4,7,10-11,15H,2-3,5-6,8H2,1H3,(H,16,18)/t11-/m1/s1. The predicted molar refractivity (Wildman–Crippen MR) is 72.3 cm³/mol. The summed E-state index contributed by atoms with van der Waals surface area (Å²) in [6, 6.07) is 1.60. The molecular weight excluding hydrogens is 258 g/mol. The summed E-state index contributed by atoms with van der Waals surface area (Å²) in [6.07, 6.45) is 3.58. The highest BCUT2D eigenvalue weighted by molar-refractivity contribution is 5.96. The van der Waals surface area contributed by atoms with Crippen molar-refractivity contribution in [1.29, 1.82) is 0 Å². The average molecular weight is 277 g/mol. The van der Waals surface area contributed by atoms with Crippen LogP contribution in [-0.4, -0.2) is 48.4 Å². The summed E-state index contributed by atoms with van der Waals surface area (Å²) in [5.41, 5.74) is 0.801. The zero-order valence-corrected chi connectivity index (χ0v) is 11.5. The molecule has 1 aromatic rings. The predicted octanol–water partition coefficient (Wildman–Crippen LogP) is 0.281. The Morgan fingerprint density at radius 3 is 2.90 bits per heavy atom. The summed E-state index contributed by atoms with van der Waals surface area (Å²) in [7, 11) is 0. The number of rotatable bonds is 3. The molecule has 20 heavy (non-hydrogen) atoms. The van der Waals surface area contributed by atoms with Crippen LogP contribution in [0.15, 0.2) is 16.7 Å². The van der Waals surface area contributed by atoms with Crippen molar-refractivity contribution < 1.29 is 14.0 Å². The largest absolute Gasteiger partial charge is 0.459 e. The first-order valence-corrected chi connectivity index (χ1v) is 7.03. The molecule has 108 valence electrons. The molecule has 0 spiro atoms. The van der Waals surface area contributed by atoms with Crippen molar-refractivity contribution in [3.63, 3.8) is 0 Å². The number of nitrogens with one attached hydrogen (secondary N) is 2. The van der Waals surface area contributed by atoms with Crippen LogP contribution in [0.2, 0.25) is 0 Å². The Labute approximate surface area is 117 Å². The van der Waals surface area contributed by atoms with Crippen molar-refractivity contribution >= 4 is 11.8 Å². The van der Waals surface area contributed by atoms with Gasteiger partial charge in [-0.3, -0.25) is 9.59 Å². The van der Waals surface area contributed by atoms with Crippen molar-refractivity contribution in [3.8, 4) is 0 Å². The van der Waals surface area contributed by atoms with Crippen LogP contribution in [0.4, 0.5) is 0 Å². The van der Waals surface area contributed by atoms with Crippen LogP contribution < -0.4 is 10.6 Å². The van der Waals surface area contributed by atoms with Crippen LogP contribution in [0, 0.1) is 6.92 Å². The summed E-state index contributed by atoms with van der Waals surface area (Å²) < 4.78 is 5.26. The second-order valence-corrected chi connectivity index (χ2v) is 5.43. The molecule has 3 rings (SSSR count). The molecule has 0 bridgehead atoms. The van der Waals surface area contributed by atoms with Gasteiger partial charge in [0.15, 0.2) is 5.76 Å². The fourth-order valence-electron chi connectivity index (χ4n) is 2.43. The van der Waals surface area contributed by atoms with Crippen LogP contribution in [0.25, 0.3) is 0 Å². The number of amides is 2. The number of furan rings is 1. The lowest BCUT2D eigenvalue weighted by Gasteiger charge is -2.34. The summed E-state index contributed by atoms with van der Waals surface area (Å²) >= 11 is 0. The van der Waals surface area contributed by atoms with E-state index < -0.39 is 6.04 Å². The van der Waals surface area contributed by atoms with Gasteiger partial charge in [0.25, 0.3) is 5.91 Å². The number of carbonyl (C=O) groups is 2. The molecule has 2 fully saturated rings. The van der Waals surface area contributed by atoms with Crippen molar-refractivity contribution in [2.75, 3.05) is 19.6 Å². The summed E-state index contributed by atoms with van der Waals surface area (Å²) in [6.45, 7) is 3.53. The number of carbonyl (C=O) groups excluding carboxylic acids is 2. The lowest BCUT2D eigenvalue weighted by molar-refractivity contribution is -0.126. The highest BCUT2D eigenvalue weighted by atomic mass is 16.3. The second kappa shape index (κ2) is 5.28. The first kappa shape index (κ1) is 13.2. The van der Waals surface area contributed by atoms with Crippen molar-refractivity contribution in [2.45, 2.75) is 31.8 Å². The third-order valence-electron chi connectivity index (χ3n) is 3.79. The van der Waals surface area contributed by atoms with E-state index in [1.165, 1.54) is 6.26 Å². The smallest absolute Gasteiger partial charge is 0.290 e. The summed E-state index contributed by atoms with van der Waals surface area (Å²) in [5, 5.41) is 6.13. The lowest BCUT2D eigenvalue weighted by atomic mass is 10.1. The fourth-order valence-corrected chi connectivity index (χ4v) is 2.43.